The molecule has 1 N–H and O–H groups in total. The van der Waals surface area contributed by atoms with Crippen LogP contribution in [0.4, 0.5) is 4.79 Å². The van der Waals surface area contributed by atoms with Gasteiger partial charge in [0.2, 0.25) is 10.0 Å². The highest BCUT2D eigenvalue weighted by molar-refractivity contribution is 9.10. The zero-order valence-electron chi connectivity index (χ0n) is 14.0. The molecule has 1 amide bonds. The molecule has 1 aliphatic heterocycles. The van der Waals surface area contributed by atoms with Crippen molar-refractivity contribution in [3.8, 4) is 0 Å². The van der Waals surface area contributed by atoms with Crippen LogP contribution in [0.3, 0.4) is 0 Å². The number of nitrogens with one attached hydrogen (secondary N) is 1. The van der Waals surface area contributed by atoms with Gasteiger partial charge in [0, 0.05) is 36.0 Å². The van der Waals surface area contributed by atoms with Gasteiger partial charge in [-0.15, -0.1) is 0 Å². The number of carbonyl (C=O) groups is 1. The topological polar surface area (TPSA) is 88.6 Å². The first kappa shape index (κ1) is 19.1. The van der Waals surface area contributed by atoms with Crippen molar-refractivity contribution in [2.45, 2.75) is 50.2 Å². The second-order valence-electron chi connectivity index (χ2n) is 6.69. The van der Waals surface area contributed by atoms with Crippen LogP contribution >= 0.6 is 15.9 Å². The fourth-order valence-electron chi connectivity index (χ4n) is 2.44. The minimum atomic E-state index is -3.64. The largest absolute Gasteiger partial charge is 0.444 e. The maximum Gasteiger partial charge on any atom is 0.407 e. The monoisotopic (exact) mass is 419 g/mol. The number of nitrogens with zero attached hydrogens (tertiary/aromatic N) is 2. The Morgan fingerprint density at radius 1 is 1.42 bits per heavy atom. The number of pyridine rings is 1. The number of aromatic nitrogens is 1. The predicted octanol–water partition coefficient (Wildman–Crippen LogP) is 2.52. The molecular weight excluding hydrogens is 398 g/mol. The third kappa shape index (κ3) is 5.15. The Morgan fingerprint density at radius 2 is 2.12 bits per heavy atom. The van der Waals surface area contributed by atoms with Crippen LogP contribution in [0.1, 0.15) is 33.6 Å². The molecule has 24 heavy (non-hydrogen) atoms. The van der Waals surface area contributed by atoms with Gasteiger partial charge in [-0.3, -0.25) is 4.98 Å². The SMILES string of the molecule is CC(C)(C)OC(=O)N[C@H]1CCCN(S(=O)(=O)c2cncc(Br)c2)C1. The van der Waals surface area contributed by atoms with Crippen molar-refractivity contribution in [2.24, 2.45) is 0 Å². The van der Waals surface area contributed by atoms with E-state index < -0.39 is 21.7 Å². The number of hydrogen-bond acceptors (Lipinski definition) is 5. The van der Waals surface area contributed by atoms with Gasteiger partial charge in [-0.25, -0.2) is 13.2 Å². The fourth-order valence-corrected chi connectivity index (χ4v) is 4.47. The van der Waals surface area contributed by atoms with Crippen LogP contribution in [0.5, 0.6) is 0 Å². The lowest BCUT2D eigenvalue weighted by Crippen LogP contribution is -2.50. The zero-order chi connectivity index (χ0) is 18.0. The average Bonchev–Trinajstić information content (AvgIpc) is 2.45. The van der Waals surface area contributed by atoms with Crippen LogP contribution in [0.25, 0.3) is 0 Å². The third-order valence-electron chi connectivity index (χ3n) is 3.42. The molecule has 1 saturated heterocycles. The Hall–Kier alpha value is -1.19. The summed E-state index contributed by atoms with van der Waals surface area (Å²) in [6.07, 6.45) is 3.70. The first-order valence-electron chi connectivity index (χ1n) is 7.68. The second kappa shape index (κ2) is 7.37. The molecule has 2 rings (SSSR count). The molecule has 0 radical (unpaired) electrons. The Labute approximate surface area is 151 Å². The molecule has 0 spiro atoms. The minimum absolute atomic E-state index is 0.134. The third-order valence-corrected chi connectivity index (χ3v) is 5.69. The quantitative estimate of drug-likeness (QED) is 0.812. The van der Waals surface area contributed by atoms with E-state index in [1.54, 1.807) is 20.8 Å². The average molecular weight is 420 g/mol. The van der Waals surface area contributed by atoms with Gasteiger partial charge in [-0.1, -0.05) is 0 Å². The lowest BCUT2D eigenvalue weighted by atomic mass is 10.1. The molecule has 0 bridgehead atoms. The van der Waals surface area contributed by atoms with E-state index in [0.29, 0.717) is 23.9 Å². The summed E-state index contributed by atoms with van der Waals surface area (Å²) in [6.45, 7) is 5.98. The molecule has 2 heterocycles. The molecule has 0 aromatic carbocycles. The maximum atomic E-state index is 12.7. The Morgan fingerprint density at radius 3 is 2.75 bits per heavy atom. The van der Waals surface area contributed by atoms with Crippen LogP contribution in [0.2, 0.25) is 0 Å². The van der Waals surface area contributed by atoms with Gasteiger partial charge >= 0.3 is 6.09 Å². The van der Waals surface area contributed by atoms with Crippen molar-refractivity contribution in [3.63, 3.8) is 0 Å². The predicted molar refractivity (Wildman–Crippen MR) is 93.1 cm³/mol. The molecule has 0 saturated carbocycles. The van der Waals surface area contributed by atoms with Crippen LogP contribution in [0, 0.1) is 0 Å². The molecule has 1 aliphatic rings. The Balaban J connectivity index is 2.06. The summed E-state index contributed by atoms with van der Waals surface area (Å²) in [5.74, 6) is 0. The van der Waals surface area contributed by atoms with E-state index >= 15 is 0 Å². The van der Waals surface area contributed by atoms with Crippen LogP contribution in [0.15, 0.2) is 27.8 Å². The molecule has 7 nitrogen and oxygen atoms in total. The lowest BCUT2D eigenvalue weighted by Gasteiger charge is -2.32. The standard InChI is InChI=1S/C15H22BrN3O4S/c1-15(2,3)23-14(20)18-12-5-4-6-19(10-12)24(21,22)13-7-11(16)8-17-9-13/h7-9,12H,4-6,10H2,1-3H3,(H,18,20)/t12-/m0/s1. The van der Waals surface area contributed by atoms with E-state index in [9.17, 15) is 13.2 Å². The zero-order valence-corrected chi connectivity index (χ0v) is 16.4. The maximum absolute atomic E-state index is 12.7. The molecule has 9 heteroatoms. The molecule has 1 fully saturated rings. The number of carbonyl (C=O) groups excluding carboxylic acids is 1. The Bertz CT molecular complexity index is 703. The number of amides is 1. The van der Waals surface area contributed by atoms with Crippen LogP contribution in [-0.2, 0) is 14.8 Å². The van der Waals surface area contributed by atoms with Crippen molar-refractivity contribution in [3.05, 3.63) is 22.9 Å². The first-order chi connectivity index (χ1) is 11.1. The van der Waals surface area contributed by atoms with Gasteiger partial charge in [-0.05, 0) is 55.6 Å². The van der Waals surface area contributed by atoms with Gasteiger partial charge in [0.25, 0.3) is 0 Å². The molecule has 134 valence electrons. The number of sulfonamides is 1. The summed E-state index contributed by atoms with van der Waals surface area (Å²) in [4.78, 5) is 15.9. The van der Waals surface area contributed by atoms with Crippen LogP contribution in [-0.4, -0.2) is 48.5 Å². The smallest absolute Gasteiger partial charge is 0.407 e. The number of rotatable bonds is 3. The van der Waals surface area contributed by atoms with Gasteiger partial charge in [0.05, 0.1) is 0 Å². The van der Waals surface area contributed by atoms with E-state index in [2.05, 4.69) is 26.2 Å². The summed E-state index contributed by atoms with van der Waals surface area (Å²) in [7, 11) is -3.64. The minimum Gasteiger partial charge on any atom is -0.444 e. The summed E-state index contributed by atoms with van der Waals surface area (Å²) < 4.78 is 32.6. The highest BCUT2D eigenvalue weighted by Gasteiger charge is 2.32. The number of ether oxygens (including phenoxy) is 1. The summed E-state index contributed by atoms with van der Waals surface area (Å²) in [5.41, 5.74) is -0.591. The molecule has 0 aliphatic carbocycles. The number of piperidine rings is 1. The van der Waals surface area contributed by atoms with Gasteiger partial charge in [0.1, 0.15) is 10.5 Å². The second-order valence-corrected chi connectivity index (χ2v) is 9.54. The van der Waals surface area contributed by atoms with E-state index in [1.807, 2.05) is 0 Å². The normalized spacial score (nSPS) is 19.8. The molecule has 1 aromatic rings. The van der Waals surface area contributed by atoms with E-state index in [1.165, 1.54) is 22.8 Å². The summed E-state index contributed by atoms with van der Waals surface area (Å²) in [5, 5.41) is 2.75. The van der Waals surface area contributed by atoms with Crippen molar-refractivity contribution in [1.29, 1.82) is 0 Å². The Kier molecular flexibility index (Phi) is 5.87. The van der Waals surface area contributed by atoms with Crippen molar-refractivity contribution < 1.29 is 17.9 Å². The molecular formula is C15H22BrN3O4S. The van der Waals surface area contributed by atoms with Gasteiger partial charge in [0.15, 0.2) is 0 Å². The van der Waals surface area contributed by atoms with Gasteiger partial charge < -0.3 is 10.1 Å². The van der Waals surface area contributed by atoms with Crippen molar-refractivity contribution in [1.82, 2.24) is 14.6 Å². The van der Waals surface area contributed by atoms with E-state index in [-0.39, 0.29) is 17.5 Å². The first-order valence-corrected chi connectivity index (χ1v) is 9.91. The summed E-state index contributed by atoms with van der Waals surface area (Å²) in [6, 6.07) is 1.25. The highest BCUT2D eigenvalue weighted by Crippen LogP contribution is 2.22. The van der Waals surface area contributed by atoms with E-state index in [4.69, 9.17) is 4.74 Å². The number of alkyl carbamates (subject to hydrolysis) is 1. The van der Waals surface area contributed by atoms with Crippen molar-refractivity contribution >= 4 is 32.0 Å². The summed E-state index contributed by atoms with van der Waals surface area (Å²) >= 11 is 3.23. The molecule has 0 unspecified atom stereocenters. The number of halogens is 1. The van der Waals surface area contributed by atoms with E-state index in [0.717, 1.165) is 0 Å². The number of hydrogen-bond donors (Lipinski definition) is 1. The molecule has 1 atom stereocenters. The van der Waals surface area contributed by atoms with Crippen molar-refractivity contribution in [2.75, 3.05) is 13.1 Å². The lowest BCUT2D eigenvalue weighted by molar-refractivity contribution is 0.0487. The van der Waals surface area contributed by atoms with Gasteiger partial charge in [-0.2, -0.15) is 4.31 Å². The highest BCUT2D eigenvalue weighted by atomic mass is 79.9. The molecule has 1 aromatic heterocycles. The fraction of sp³-hybridized carbons (Fsp3) is 0.600. The van der Waals surface area contributed by atoms with Crippen LogP contribution < -0.4 is 5.32 Å².